The molecule has 2 rings (SSSR count). The molecule has 0 aromatic heterocycles. The highest BCUT2D eigenvalue weighted by atomic mass is 16.5. The van der Waals surface area contributed by atoms with E-state index in [4.69, 9.17) is 4.74 Å². The summed E-state index contributed by atoms with van der Waals surface area (Å²) in [6.07, 6.45) is 1.86. The number of nitrogens with zero attached hydrogens (tertiary/aromatic N) is 1. The SMILES string of the molecule is COc1ccc2c(c1)NCC=N2. The first-order valence-corrected chi connectivity index (χ1v) is 3.84. The molecule has 0 bridgehead atoms. The van der Waals surface area contributed by atoms with E-state index in [1.807, 2.05) is 24.4 Å². The Morgan fingerprint density at radius 3 is 3.25 bits per heavy atom. The van der Waals surface area contributed by atoms with Crippen molar-refractivity contribution in [2.24, 2.45) is 4.99 Å². The fourth-order valence-electron chi connectivity index (χ4n) is 1.20. The van der Waals surface area contributed by atoms with Crippen molar-refractivity contribution in [3.8, 4) is 5.75 Å². The van der Waals surface area contributed by atoms with Crippen molar-refractivity contribution in [2.45, 2.75) is 0 Å². The first kappa shape index (κ1) is 7.16. The minimum Gasteiger partial charge on any atom is -0.497 e. The second kappa shape index (κ2) is 2.85. The molecular formula is C9H10N2O. The molecule has 12 heavy (non-hydrogen) atoms. The number of ether oxygens (including phenoxy) is 1. The molecule has 1 aromatic carbocycles. The quantitative estimate of drug-likeness (QED) is 0.683. The Balaban J connectivity index is 2.44. The summed E-state index contributed by atoms with van der Waals surface area (Å²) in [5.74, 6) is 0.860. The van der Waals surface area contributed by atoms with Gasteiger partial charge in [0.15, 0.2) is 0 Å². The van der Waals surface area contributed by atoms with E-state index in [9.17, 15) is 0 Å². The number of hydrogen-bond donors (Lipinski definition) is 1. The first-order valence-electron chi connectivity index (χ1n) is 3.84. The molecule has 3 heteroatoms. The number of nitrogens with one attached hydrogen (secondary N) is 1. The first-order chi connectivity index (χ1) is 5.90. The molecule has 62 valence electrons. The number of benzene rings is 1. The lowest BCUT2D eigenvalue weighted by atomic mass is 10.2. The molecule has 0 atom stereocenters. The van der Waals surface area contributed by atoms with Crippen LogP contribution in [0.4, 0.5) is 11.4 Å². The summed E-state index contributed by atoms with van der Waals surface area (Å²) >= 11 is 0. The second-order valence-electron chi connectivity index (χ2n) is 2.58. The van der Waals surface area contributed by atoms with E-state index in [0.717, 1.165) is 23.7 Å². The van der Waals surface area contributed by atoms with Crippen LogP contribution in [0.3, 0.4) is 0 Å². The Morgan fingerprint density at radius 1 is 1.50 bits per heavy atom. The lowest BCUT2D eigenvalue weighted by Crippen LogP contribution is -2.06. The van der Waals surface area contributed by atoms with Crippen LogP contribution < -0.4 is 10.1 Å². The molecule has 0 aliphatic carbocycles. The minimum atomic E-state index is 0.792. The molecule has 0 radical (unpaired) electrons. The smallest absolute Gasteiger partial charge is 0.121 e. The highest BCUT2D eigenvalue weighted by Gasteiger charge is 2.04. The Hall–Kier alpha value is -1.51. The summed E-state index contributed by atoms with van der Waals surface area (Å²) in [6.45, 7) is 0.792. The topological polar surface area (TPSA) is 33.6 Å². The molecule has 0 spiro atoms. The van der Waals surface area contributed by atoms with E-state index in [2.05, 4.69) is 10.3 Å². The monoisotopic (exact) mass is 162 g/mol. The van der Waals surface area contributed by atoms with Gasteiger partial charge in [0.05, 0.1) is 25.0 Å². The summed E-state index contributed by atoms with van der Waals surface area (Å²) in [6, 6.07) is 5.80. The zero-order valence-corrected chi connectivity index (χ0v) is 6.87. The number of methoxy groups -OCH3 is 1. The van der Waals surface area contributed by atoms with Crippen LogP contribution in [0.15, 0.2) is 23.2 Å². The van der Waals surface area contributed by atoms with E-state index >= 15 is 0 Å². The van der Waals surface area contributed by atoms with Crippen LogP contribution in [-0.4, -0.2) is 19.9 Å². The largest absolute Gasteiger partial charge is 0.497 e. The van der Waals surface area contributed by atoms with E-state index in [1.54, 1.807) is 7.11 Å². The van der Waals surface area contributed by atoms with Crippen molar-refractivity contribution in [2.75, 3.05) is 19.0 Å². The lowest BCUT2D eigenvalue weighted by molar-refractivity contribution is 0.415. The van der Waals surface area contributed by atoms with Crippen LogP contribution in [0.2, 0.25) is 0 Å². The van der Waals surface area contributed by atoms with Crippen LogP contribution in [0.1, 0.15) is 0 Å². The van der Waals surface area contributed by atoms with Gasteiger partial charge in [0.1, 0.15) is 5.75 Å². The van der Waals surface area contributed by atoms with Gasteiger partial charge in [0, 0.05) is 12.3 Å². The van der Waals surface area contributed by atoms with E-state index < -0.39 is 0 Å². The maximum Gasteiger partial charge on any atom is 0.121 e. The van der Waals surface area contributed by atoms with Crippen LogP contribution >= 0.6 is 0 Å². The average Bonchev–Trinajstić information content (AvgIpc) is 2.17. The van der Waals surface area contributed by atoms with Crippen LogP contribution in [0.25, 0.3) is 0 Å². The Morgan fingerprint density at radius 2 is 2.42 bits per heavy atom. The van der Waals surface area contributed by atoms with Crippen LogP contribution in [-0.2, 0) is 0 Å². The van der Waals surface area contributed by atoms with Crippen molar-refractivity contribution in [1.82, 2.24) is 0 Å². The van der Waals surface area contributed by atoms with Crippen LogP contribution in [0, 0.1) is 0 Å². The highest BCUT2D eigenvalue weighted by Crippen LogP contribution is 2.30. The molecule has 0 unspecified atom stereocenters. The second-order valence-corrected chi connectivity index (χ2v) is 2.58. The van der Waals surface area contributed by atoms with Gasteiger partial charge < -0.3 is 10.1 Å². The molecule has 0 fully saturated rings. The Kier molecular flexibility index (Phi) is 1.70. The number of anilines is 1. The number of fused-ring (bicyclic) bond motifs is 1. The molecule has 1 aliphatic heterocycles. The molecule has 3 nitrogen and oxygen atoms in total. The van der Waals surface area contributed by atoms with E-state index in [1.165, 1.54) is 0 Å². The third-order valence-corrected chi connectivity index (χ3v) is 1.82. The zero-order valence-electron chi connectivity index (χ0n) is 6.87. The van der Waals surface area contributed by atoms with Gasteiger partial charge in [-0.15, -0.1) is 0 Å². The Bertz CT molecular complexity index is 320. The van der Waals surface area contributed by atoms with Crippen LogP contribution in [0.5, 0.6) is 5.75 Å². The van der Waals surface area contributed by atoms with E-state index in [0.29, 0.717) is 0 Å². The summed E-state index contributed by atoms with van der Waals surface area (Å²) < 4.78 is 5.09. The molecule has 0 saturated heterocycles. The fraction of sp³-hybridized carbons (Fsp3) is 0.222. The van der Waals surface area contributed by atoms with E-state index in [-0.39, 0.29) is 0 Å². The maximum absolute atomic E-state index is 5.09. The molecule has 0 amide bonds. The van der Waals surface area contributed by atoms with Gasteiger partial charge in [-0.05, 0) is 12.1 Å². The average molecular weight is 162 g/mol. The summed E-state index contributed by atoms with van der Waals surface area (Å²) in [4.78, 5) is 4.23. The predicted octanol–water partition coefficient (Wildman–Crippen LogP) is 1.82. The minimum absolute atomic E-state index is 0.792. The van der Waals surface area contributed by atoms with Crippen molar-refractivity contribution >= 4 is 17.6 Å². The molecule has 1 aromatic rings. The van der Waals surface area contributed by atoms with Gasteiger partial charge in [-0.3, -0.25) is 4.99 Å². The number of hydrogen-bond acceptors (Lipinski definition) is 3. The molecular weight excluding hydrogens is 152 g/mol. The fourth-order valence-corrected chi connectivity index (χ4v) is 1.20. The van der Waals surface area contributed by atoms with Crippen molar-refractivity contribution in [3.63, 3.8) is 0 Å². The lowest BCUT2D eigenvalue weighted by Gasteiger charge is -2.12. The van der Waals surface area contributed by atoms with Gasteiger partial charge in [0.2, 0.25) is 0 Å². The molecule has 1 N–H and O–H groups in total. The summed E-state index contributed by atoms with van der Waals surface area (Å²) in [5, 5.41) is 3.21. The van der Waals surface area contributed by atoms with Gasteiger partial charge in [0.25, 0.3) is 0 Å². The third-order valence-electron chi connectivity index (χ3n) is 1.82. The van der Waals surface area contributed by atoms with Gasteiger partial charge >= 0.3 is 0 Å². The van der Waals surface area contributed by atoms with Crippen molar-refractivity contribution in [1.29, 1.82) is 0 Å². The molecule has 1 heterocycles. The molecule has 1 aliphatic rings. The predicted molar refractivity (Wildman–Crippen MR) is 49.6 cm³/mol. The third kappa shape index (κ3) is 1.13. The number of rotatable bonds is 1. The maximum atomic E-state index is 5.09. The van der Waals surface area contributed by atoms with Gasteiger partial charge in [-0.2, -0.15) is 0 Å². The molecule has 0 saturated carbocycles. The zero-order chi connectivity index (χ0) is 8.39. The normalized spacial score (nSPS) is 13.4. The highest BCUT2D eigenvalue weighted by molar-refractivity contribution is 5.81. The van der Waals surface area contributed by atoms with Gasteiger partial charge in [-0.1, -0.05) is 0 Å². The summed E-state index contributed by atoms with van der Waals surface area (Å²) in [7, 11) is 1.66. The number of aliphatic imine (C=N–C) groups is 1. The van der Waals surface area contributed by atoms with Gasteiger partial charge in [-0.25, -0.2) is 0 Å². The Labute approximate surface area is 71.1 Å². The standard InChI is InChI=1S/C9H10N2O/c1-12-7-2-3-8-9(6-7)11-5-4-10-8/h2-4,6,11H,5H2,1H3. The van der Waals surface area contributed by atoms with Crippen molar-refractivity contribution in [3.05, 3.63) is 18.2 Å². The summed E-state index contributed by atoms with van der Waals surface area (Å²) in [5.41, 5.74) is 2.01. The van der Waals surface area contributed by atoms with Crippen molar-refractivity contribution < 1.29 is 4.74 Å².